The van der Waals surface area contributed by atoms with Crippen LogP contribution in [0.5, 0.6) is 0 Å². The fourth-order valence-electron chi connectivity index (χ4n) is 2.03. The van der Waals surface area contributed by atoms with Gasteiger partial charge in [0.1, 0.15) is 0 Å². The van der Waals surface area contributed by atoms with Gasteiger partial charge in [0, 0.05) is 5.02 Å². The molecule has 1 amide bonds. The third-order valence-corrected chi connectivity index (χ3v) is 4.56. The number of rotatable bonds is 4. The van der Waals surface area contributed by atoms with Crippen molar-refractivity contribution in [1.82, 2.24) is 9.97 Å². The number of amides is 1. The zero-order valence-corrected chi connectivity index (χ0v) is 14.5. The van der Waals surface area contributed by atoms with Crippen molar-refractivity contribution >= 4 is 57.6 Å². The van der Waals surface area contributed by atoms with Gasteiger partial charge in [-0.1, -0.05) is 35.0 Å². The van der Waals surface area contributed by atoms with E-state index in [9.17, 15) is 4.79 Å². The quantitative estimate of drug-likeness (QED) is 0.658. The second-order valence-corrected chi connectivity index (χ2v) is 6.65. The molecule has 0 aliphatic heterocycles. The largest absolute Gasteiger partial charge is 0.333 e. The topological polar surface area (TPSA) is 81.6 Å². The van der Waals surface area contributed by atoms with Crippen LogP contribution in [0.2, 0.25) is 10.0 Å². The molecule has 3 rings (SSSR count). The first kappa shape index (κ1) is 16.7. The highest BCUT2D eigenvalue weighted by atomic mass is 35.5. The Morgan fingerprint density at radius 2 is 2.12 bits per heavy atom. The molecular weight excluding hydrogens is 367 g/mol. The number of carbonyl (C=O) groups is 1. The highest BCUT2D eigenvalue weighted by Crippen LogP contribution is 2.26. The van der Waals surface area contributed by atoms with Crippen molar-refractivity contribution in [1.29, 1.82) is 5.26 Å². The monoisotopic (exact) mass is 376 g/mol. The van der Waals surface area contributed by atoms with Crippen molar-refractivity contribution in [2.45, 2.75) is 5.16 Å². The summed E-state index contributed by atoms with van der Waals surface area (Å²) < 4.78 is 0. The van der Waals surface area contributed by atoms with Gasteiger partial charge in [-0.15, -0.1) is 0 Å². The zero-order chi connectivity index (χ0) is 17.1. The zero-order valence-electron chi connectivity index (χ0n) is 12.1. The summed E-state index contributed by atoms with van der Waals surface area (Å²) in [4.78, 5) is 19.5. The number of aromatic amines is 1. The molecule has 2 aromatic carbocycles. The normalized spacial score (nSPS) is 10.5. The number of imidazole rings is 1. The van der Waals surface area contributed by atoms with E-state index in [1.54, 1.807) is 36.4 Å². The van der Waals surface area contributed by atoms with Crippen molar-refractivity contribution in [2.24, 2.45) is 0 Å². The van der Waals surface area contributed by atoms with E-state index < -0.39 is 0 Å². The molecule has 0 bridgehead atoms. The Morgan fingerprint density at radius 1 is 1.29 bits per heavy atom. The first-order valence-corrected chi connectivity index (χ1v) is 8.57. The van der Waals surface area contributed by atoms with Gasteiger partial charge < -0.3 is 10.3 Å². The van der Waals surface area contributed by atoms with E-state index in [1.165, 1.54) is 11.8 Å². The number of aromatic nitrogens is 2. The van der Waals surface area contributed by atoms with Crippen LogP contribution in [0.25, 0.3) is 11.0 Å². The summed E-state index contributed by atoms with van der Waals surface area (Å²) in [5.74, 6) is -0.0356. The lowest BCUT2D eigenvalue weighted by atomic mass is 10.2. The SMILES string of the molecule is N#Cc1ccc2[nH]c(SCC(=O)Nc3ccc(Cl)cc3Cl)nc2c1. The average molecular weight is 377 g/mol. The van der Waals surface area contributed by atoms with Crippen molar-refractivity contribution < 1.29 is 4.79 Å². The molecule has 0 spiro atoms. The lowest BCUT2D eigenvalue weighted by Crippen LogP contribution is -2.14. The van der Waals surface area contributed by atoms with Gasteiger partial charge in [-0.3, -0.25) is 4.79 Å². The van der Waals surface area contributed by atoms with Crippen molar-refractivity contribution in [2.75, 3.05) is 11.1 Å². The number of hydrogen-bond acceptors (Lipinski definition) is 4. The molecule has 3 aromatic rings. The summed E-state index contributed by atoms with van der Waals surface area (Å²) in [5.41, 5.74) is 2.56. The van der Waals surface area contributed by atoms with Crippen LogP contribution < -0.4 is 5.32 Å². The molecule has 1 heterocycles. The summed E-state index contributed by atoms with van der Waals surface area (Å²) in [5, 5.41) is 13.1. The number of halogens is 2. The maximum Gasteiger partial charge on any atom is 0.234 e. The molecule has 24 heavy (non-hydrogen) atoms. The molecule has 5 nitrogen and oxygen atoms in total. The molecule has 0 radical (unpaired) electrons. The van der Waals surface area contributed by atoms with Crippen LogP contribution in [0, 0.1) is 11.3 Å². The van der Waals surface area contributed by atoms with Gasteiger partial charge in [0.2, 0.25) is 5.91 Å². The Labute approximate surface area is 152 Å². The van der Waals surface area contributed by atoms with Crippen LogP contribution in [0.1, 0.15) is 5.56 Å². The third kappa shape index (κ3) is 3.82. The van der Waals surface area contributed by atoms with Gasteiger partial charge in [0.25, 0.3) is 0 Å². The van der Waals surface area contributed by atoms with Crippen LogP contribution in [0.4, 0.5) is 5.69 Å². The van der Waals surface area contributed by atoms with Crippen LogP contribution >= 0.6 is 35.0 Å². The maximum atomic E-state index is 12.0. The Hall–Kier alpha value is -2.20. The van der Waals surface area contributed by atoms with E-state index in [0.29, 0.717) is 32.0 Å². The molecular formula is C16H10Cl2N4OS. The summed E-state index contributed by atoms with van der Waals surface area (Å²) in [6.07, 6.45) is 0. The Balaban J connectivity index is 1.65. The lowest BCUT2D eigenvalue weighted by molar-refractivity contribution is -0.113. The van der Waals surface area contributed by atoms with E-state index in [2.05, 4.69) is 21.4 Å². The number of anilines is 1. The number of nitrogens with zero attached hydrogens (tertiary/aromatic N) is 2. The number of fused-ring (bicyclic) bond motifs is 1. The molecule has 8 heteroatoms. The van der Waals surface area contributed by atoms with E-state index in [-0.39, 0.29) is 11.7 Å². The Bertz CT molecular complexity index is 964. The number of H-pyrrole nitrogens is 1. The Morgan fingerprint density at radius 3 is 2.88 bits per heavy atom. The number of thioether (sulfide) groups is 1. The molecule has 0 atom stereocenters. The van der Waals surface area contributed by atoms with E-state index in [0.717, 1.165) is 5.52 Å². The summed E-state index contributed by atoms with van der Waals surface area (Å²) in [6, 6.07) is 12.1. The number of benzene rings is 2. The smallest absolute Gasteiger partial charge is 0.234 e. The minimum Gasteiger partial charge on any atom is -0.333 e. The van der Waals surface area contributed by atoms with Crippen LogP contribution in [-0.2, 0) is 4.79 Å². The van der Waals surface area contributed by atoms with E-state index >= 15 is 0 Å². The molecule has 0 aliphatic carbocycles. The summed E-state index contributed by atoms with van der Waals surface area (Å²) in [6.45, 7) is 0. The predicted molar refractivity (Wildman–Crippen MR) is 96.6 cm³/mol. The van der Waals surface area contributed by atoms with Gasteiger partial charge in [-0.25, -0.2) is 4.98 Å². The Kier molecular flexibility index (Phi) is 4.95. The van der Waals surface area contributed by atoms with Crippen molar-refractivity contribution in [3.63, 3.8) is 0 Å². The van der Waals surface area contributed by atoms with Crippen LogP contribution in [-0.4, -0.2) is 21.6 Å². The van der Waals surface area contributed by atoms with Gasteiger partial charge in [0.15, 0.2) is 5.16 Å². The van der Waals surface area contributed by atoms with Crippen LogP contribution in [0.3, 0.4) is 0 Å². The third-order valence-electron chi connectivity index (χ3n) is 3.14. The summed E-state index contributed by atoms with van der Waals surface area (Å²) in [7, 11) is 0. The van der Waals surface area contributed by atoms with Crippen LogP contribution in [0.15, 0.2) is 41.6 Å². The van der Waals surface area contributed by atoms with Gasteiger partial charge in [-0.2, -0.15) is 5.26 Å². The minimum atomic E-state index is -0.206. The predicted octanol–water partition coefficient (Wildman–Crippen LogP) is 4.47. The molecule has 0 saturated heterocycles. The average Bonchev–Trinajstić information content (AvgIpc) is 2.97. The van der Waals surface area contributed by atoms with E-state index in [4.69, 9.17) is 28.5 Å². The van der Waals surface area contributed by atoms with Gasteiger partial charge in [-0.05, 0) is 36.4 Å². The number of nitrogens with one attached hydrogen (secondary N) is 2. The number of hydrogen-bond donors (Lipinski definition) is 2. The lowest BCUT2D eigenvalue weighted by Gasteiger charge is -2.06. The molecule has 120 valence electrons. The fourth-order valence-corrected chi connectivity index (χ4v) is 3.17. The van der Waals surface area contributed by atoms with Crippen molar-refractivity contribution in [3.8, 4) is 6.07 Å². The molecule has 2 N–H and O–H groups in total. The van der Waals surface area contributed by atoms with Gasteiger partial charge in [0.05, 0.1) is 39.1 Å². The minimum absolute atomic E-state index is 0.171. The highest BCUT2D eigenvalue weighted by Gasteiger charge is 2.10. The molecule has 0 saturated carbocycles. The number of nitriles is 1. The second-order valence-electron chi connectivity index (χ2n) is 4.85. The molecule has 1 aromatic heterocycles. The fraction of sp³-hybridized carbons (Fsp3) is 0.0625. The highest BCUT2D eigenvalue weighted by molar-refractivity contribution is 7.99. The molecule has 0 unspecified atom stereocenters. The first-order valence-electron chi connectivity index (χ1n) is 6.83. The standard InChI is InChI=1S/C16H10Cl2N4OS/c17-10-2-4-12(11(18)6-10)20-15(23)8-24-16-21-13-3-1-9(7-19)5-14(13)22-16/h1-6H,8H2,(H,20,23)(H,21,22). The first-order chi connectivity index (χ1) is 11.5. The van der Waals surface area contributed by atoms with Gasteiger partial charge >= 0.3 is 0 Å². The molecule has 0 aliphatic rings. The maximum absolute atomic E-state index is 12.0. The second kappa shape index (κ2) is 7.14. The molecule has 0 fully saturated rings. The van der Waals surface area contributed by atoms with Crippen molar-refractivity contribution in [3.05, 3.63) is 52.0 Å². The van der Waals surface area contributed by atoms with E-state index in [1.807, 2.05) is 0 Å². The number of carbonyl (C=O) groups excluding carboxylic acids is 1. The summed E-state index contributed by atoms with van der Waals surface area (Å²) >= 11 is 13.1.